The number of anilines is 1. The normalized spacial score (nSPS) is 31.6. The van der Waals surface area contributed by atoms with Gasteiger partial charge in [0, 0.05) is 37.9 Å². The minimum absolute atomic E-state index is 0.812. The maximum atomic E-state index is 6.13. The third-order valence-corrected chi connectivity index (χ3v) is 5.65. The first-order chi connectivity index (χ1) is 10.4. The first-order valence-corrected chi connectivity index (χ1v) is 8.57. The van der Waals surface area contributed by atoms with Gasteiger partial charge in [0.05, 0.1) is 6.61 Å². The van der Waals surface area contributed by atoms with Crippen LogP contribution in [0.25, 0.3) is 0 Å². The molecule has 3 fully saturated rings. The van der Waals surface area contributed by atoms with Gasteiger partial charge in [0.2, 0.25) is 0 Å². The molecule has 2 aliphatic carbocycles. The topological polar surface area (TPSA) is 24.5 Å². The van der Waals surface area contributed by atoms with E-state index in [4.69, 9.17) is 4.74 Å². The Hall–Kier alpha value is -1.22. The maximum Gasteiger partial charge on any atom is 0.121 e. The average molecular weight is 286 g/mol. The van der Waals surface area contributed by atoms with Crippen LogP contribution in [0.15, 0.2) is 24.3 Å². The summed E-state index contributed by atoms with van der Waals surface area (Å²) in [6.45, 7) is 5.27. The molecule has 2 bridgehead atoms. The van der Waals surface area contributed by atoms with Gasteiger partial charge < -0.3 is 15.0 Å². The molecule has 3 atom stereocenters. The van der Waals surface area contributed by atoms with Crippen LogP contribution in [0.1, 0.15) is 25.7 Å². The van der Waals surface area contributed by atoms with Crippen LogP contribution < -0.4 is 15.0 Å². The van der Waals surface area contributed by atoms with Crippen molar-refractivity contribution in [3.05, 3.63) is 24.3 Å². The van der Waals surface area contributed by atoms with Gasteiger partial charge in [-0.05, 0) is 49.1 Å². The van der Waals surface area contributed by atoms with E-state index in [0.717, 1.165) is 56.3 Å². The second-order valence-corrected chi connectivity index (χ2v) is 6.98. The lowest BCUT2D eigenvalue weighted by atomic mass is 9.89. The van der Waals surface area contributed by atoms with Crippen molar-refractivity contribution in [1.29, 1.82) is 0 Å². The minimum atomic E-state index is 0.812. The van der Waals surface area contributed by atoms with E-state index in [1.807, 2.05) is 0 Å². The molecule has 4 rings (SSSR count). The van der Waals surface area contributed by atoms with Crippen molar-refractivity contribution in [2.24, 2.45) is 17.8 Å². The minimum Gasteiger partial charge on any atom is -0.493 e. The number of benzene rings is 1. The van der Waals surface area contributed by atoms with E-state index in [9.17, 15) is 0 Å². The fraction of sp³-hybridized carbons (Fsp3) is 0.667. The number of fused-ring (bicyclic) bond motifs is 2. The molecular formula is C18H26N2O. The predicted octanol–water partition coefficient (Wildman–Crippen LogP) is 2.91. The van der Waals surface area contributed by atoms with Gasteiger partial charge in [-0.1, -0.05) is 12.5 Å². The van der Waals surface area contributed by atoms with Crippen molar-refractivity contribution < 1.29 is 4.74 Å². The highest BCUT2D eigenvalue weighted by Gasteiger charge is 2.39. The second-order valence-electron chi connectivity index (χ2n) is 6.98. The van der Waals surface area contributed by atoms with Crippen molar-refractivity contribution in [2.45, 2.75) is 25.7 Å². The summed E-state index contributed by atoms with van der Waals surface area (Å²) in [4.78, 5) is 2.45. The molecule has 3 nitrogen and oxygen atoms in total. The molecule has 1 heterocycles. The Labute approximate surface area is 127 Å². The van der Waals surface area contributed by atoms with E-state index in [1.165, 1.54) is 31.4 Å². The predicted molar refractivity (Wildman–Crippen MR) is 86.0 cm³/mol. The molecule has 21 heavy (non-hydrogen) atoms. The van der Waals surface area contributed by atoms with E-state index in [0.29, 0.717) is 0 Å². The molecule has 2 saturated carbocycles. The molecule has 0 radical (unpaired) electrons. The second kappa shape index (κ2) is 5.88. The maximum absolute atomic E-state index is 6.13. The van der Waals surface area contributed by atoms with Gasteiger partial charge in [-0.3, -0.25) is 0 Å². The highest BCUT2D eigenvalue weighted by Crippen LogP contribution is 2.48. The summed E-state index contributed by atoms with van der Waals surface area (Å²) >= 11 is 0. The van der Waals surface area contributed by atoms with Gasteiger partial charge in [-0.15, -0.1) is 0 Å². The number of hydrogen-bond donors (Lipinski definition) is 1. The summed E-state index contributed by atoms with van der Waals surface area (Å²) in [5.41, 5.74) is 1.31. The van der Waals surface area contributed by atoms with E-state index in [-0.39, 0.29) is 0 Å². The molecule has 1 saturated heterocycles. The Bertz CT molecular complexity index is 484. The number of ether oxygens (including phenoxy) is 1. The van der Waals surface area contributed by atoms with Gasteiger partial charge in [-0.2, -0.15) is 0 Å². The molecule has 3 heteroatoms. The highest BCUT2D eigenvalue weighted by molar-refractivity contribution is 5.51. The monoisotopic (exact) mass is 286 g/mol. The fourth-order valence-electron chi connectivity index (χ4n) is 4.48. The van der Waals surface area contributed by atoms with Gasteiger partial charge in [-0.25, -0.2) is 0 Å². The van der Waals surface area contributed by atoms with Crippen LogP contribution in [0.3, 0.4) is 0 Å². The summed E-state index contributed by atoms with van der Waals surface area (Å²) in [5, 5.41) is 3.40. The molecule has 0 amide bonds. The molecule has 1 aliphatic heterocycles. The molecule has 0 spiro atoms. The Kier molecular flexibility index (Phi) is 3.76. The van der Waals surface area contributed by atoms with Crippen LogP contribution in [0.4, 0.5) is 5.69 Å². The van der Waals surface area contributed by atoms with Crippen LogP contribution >= 0.6 is 0 Å². The quantitative estimate of drug-likeness (QED) is 0.921. The summed E-state index contributed by atoms with van der Waals surface area (Å²) in [7, 11) is 0. The lowest BCUT2D eigenvalue weighted by molar-refractivity contribution is 0.195. The van der Waals surface area contributed by atoms with Crippen molar-refractivity contribution in [3.8, 4) is 5.75 Å². The van der Waals surface area contributed by atoms with Crippen LogP contribution in [-0.4, -0.2) is 32.8 Å². The zero-order chi connectivity index (χ0) is 14.1. The van der Waals surface area contributed by atoms with Crippen molar-refractivity contribution in [1.82, 2.24) is 5.32 Å². The molecule has 0 aromatic heterocycles. The van der Waals surface area contributed by atoms with Gasteiger partial charge in [0.1, 0.15) is 5.75 Å². The molecule has 3 aliphatic rings. The van der Waals surface area contributed by atoms with Crippen molar-refractivity contribution >= 4 is 5.69 Å². The van der Waals surface area contributed by atoms with E-state index in [2.05, 4.69) is 34.5 Å². The van der Waals surface area contributed by atoms with Crippen molar-refractivity contribution in [2.75, 3.05) is 37.7 Å². The van der Waals surface area contributed by atoms with Gasteiger partial charge in [0.15, 0.2) is 0 Å². The molecule has 1 N–H and O–H groups in total. The smallest absolute Gasteiger partial charge is 0.121 e. The molecule has 114 valence electrons. The van der Waals surface area contributed by atoms with Crippen molar-refractivity contribution in [3.63, 3.8) is 0 Å². The number of nitrogens with one attached hydrogen (secondary N) is 1. The molecular weight excluding hydrogens is 260 g/mol. The number of nitrogens with zero attached hydrogens (tertiary/aromatic N) is 1. The van der Waals surface area contributed by atoms with Crippen LogP contribution in [0.2, 0.25) is 0 Å². The Balaban J connectivity index is 1.36. The van der Waals surface area contributed by atoms with Gasteiger partial charge in [0.25, 0.3) is 0 Å². The summed E-state index contributed by atoms with van der Waals surface area (Å²) < 4.78 is 6.13. The SMILES string of the molecule is c1cc(OCC2CC3CCC2C3)cc(N2CCNCC2)c1. The average Bonchev–Trinajstić information content (AvgIpc) is 3.17. The molecule has 3 unspecified atom stereocenters. The van der Waals surface area contributed by atoms with E-state index in [1.54, 1.807) is 0 Å². The third kappa shape index (κ3) is 2.89. The largest absolute Gasteiger partial charge is 0.493 e. The zero-order valence-electron chi connectivity index (χ0n) is 12.8. The first kappa shape index (κ1) is 13.4. The van der Waals surface area contributed by atoms with Crippen LogP contribution in [-0.2, 0) is 0 Å². The summed E-state index contributed by atoms with van der Waals surface area (Å²) in [6.07, 6.45) is 5.79. The summed E-state index contributed by atoms with van der Waals surface area (Å²) in [5.74, 6) is 3.82. The Morgan fingerprint density at radius 1 is 1.14 bits per heavy atom. The first-order valence-electron chi connectivity index (χ1n) is 8.57. The summed E-state index contributed by atoms with van der Waals surface area (Å²) in [6, 6.07) is 8.67. The van der Waals surface area contributed by atoms with Gasteiger partial charge >= 0.3 is 0 Å². The lowest BCUT2D eigenvalue weighted by Crippen LogP contribution is -2.43. The molecule has 1 aromatic carbocycles. The molecule has 1 aromatic rings. The number of rotatable bonds is 4. The Morgan fingerprint density at radius 2 is 2.05 bits per heavy atom. The Morgan fingerprint density at radius 3 is 2.81 bits per heavy atom. The van der Waals surface area contributed by atoms with Crippen LogP contribution in [0, 0.1) is 17.8 Å². The lowest BCUT2D eigenvalue weighted by Gasteiger charge is -2.29. The standard InChI is InChI=1S/C18H26N2O/c1-2-17(20-8-6-19-7-9-20)12-18(3-1)21-13-16-11-14-4-5-15(16)10-14/h1-3,12,14-16,19H,4-11,13H2. The van der Waals surface area contributed by atoms with E-state index >= 15 is 0 Å². The fourth-order valence-corrected chi connectivity index (χ4v) is 4.48. The number of hydrogen-bond acceptors (Lipinski definition) is 3. The van der Waals surface area contributed by atoms with Crippen LogP contribution in [0.5, 0.6) is 5.75 Å². The third-order valence-electron chi connectivity index (χ3n) is 5.65. The zero-order valence-corrected chi connectivity index (χ0v) is 12.8. The highest BCUT2D eigenvalue weighted by atomic mass is 16.5. The number of piperazine rings is 1. The van der Waals surface area contributed by atoms with E-state index < -0.39 is 0 Å².